The van der Waals surface area contributed by atoms with Crippen LogP contribution in [0.15, 0.2) is 42.6 Å². The van der Waals surface area contributed by atoms with Gasteiger partial charge < -0.3 is 14.8 Å². The summed E-state index contributed by atoms with van der Waals surface area (Å²) in [5.41, 5.74) is 3.45. The Labute approximate surface area is 155 Å². The molecule has 2 heterocycles. The Morgan fingerprint density at radius 3 is 2.69 bits per heavy atom. The summed E-state index contributed by atoms with van der Waals surface area (Å²) in [5, 5.41) is 2.84. The molecule has 0 saturated heterocycles. The van der Waals surface area contributed by atoms with E-state index in [1.807, 2.05) is 30.0 Å². The molecule has 1 N–H and O–H groups in total. The number of nitrogens with one attached hydrogen (secondary N) is 1. The number of aromatic nitrogens is 1. The van der Waals surface area contributed by atoms with E-state index in [0.717, 1.165) is 24.2 Å². The summed E-state index contributed by atoms with van der Waals surface area (Å²) in [6.07, 6.45) is 3.47. The van der Waals surface area contributed by atoms with Crippen molar-refractivity contribution < 1.29 is 9.59 Å². The van der Waals surface area contributed by atoms with Crippen LogP contribution in [-0.2, 0) is 16.1 Å². The van der Waals surface area contributed by atoms with Gasteiger partial charge in [-0.2, -0.15) is 0 Å². The fourth-order valence-electron chi connectivity index (χ4n) is 3.59. The Balaban J connectivity index is 1.80. The van der Waals surface area contributed by atoms with Gasteiger partial charge in [-0.1, -0.05) is 31.2 Å². The number of carbonyl (C=O) groups is 2. The average molecular weight is 353 g/mol. The van der Waals surface area contributed by atoms with Gasteiger partial charge in [-0.25, -0.2) is 0 Å². The van der Waals surface area contributed by atoms with Gasteiger partial charge in [0.2, 0.25) is 11.8 Å². The lowest BCUT2D eigenvalue weighted by Crippen LogP contribution is -2.43. The van der Waals surface area contributed by atoms with Crippen LogP contribution in [0.25, 0.3) is 0 Å². The van der Waals surface area contributed by atoms with Crippen molar-refractivity contribution in [2.24, 2.45) is 0 Å². The molecule has 1 aliphatic rings. The molecule has 26 heavy (non-hydrogen) atoms. The second-order valence-electron chi connectivity index (χ2n) is 6.82. The minimum Gasteiger partial charge on any atom is -0.356 e. The van der Waals surface area contributed by atoms with Gasteiger partial charge in [-0.05, 0) is 36.6 Å². The van der Waals surface area contributed by atoms with Crippen molar-refractivity contribution in [3.8, 4) is 0 Å². The standard InChI is InChI=1S/C21H27N3O2/c1-3-12-22-19(25)10-11-20(26)24-15-14-23-13-6-9-18(23)21(24)17-8-5-4-7-16(17)2/h4-9,13,21H,3,10-12,14-15H2,1-2H3,(H,22,25)/t21-/m0/s1. The summed E-state index contributed by atoms with van der Waals surface area (Å²) in [7, 11) is 0. The molecule has 1 aromatic heterocycles. The summed E-state index contributed by atoms with van der Waals surface area (Å²) in [5.74, 6) is -0.00891. The predicted octanol–water partition coefficient (Wildman–Crippen LogP) is 3.03. The van der Waals surface area contributed by atoms with E-state index < -0.39 is 0 Å². The predicted molar refractivity (Wildman–Crippen MR) is 102 cm³/mol. The lowest BCUT2D eigenvalue weighted by Gasteiger charge is -2.38. The Hall–Kier alpha value is -2.56. The molecule has 0 bridgehead atoms. The van der Waals surface area contributed by atoms with E-state index in [1.54, 1.807) is 0 Å². The van der Waals surface area contributed by atoms with Crippen molar-refractivity contribution in [1.29, 1.82) is 0 Å². The molecule has 138 valence electrons. The van der Waals surface area contributed by atoms with E-state index in [0.29, 0.717) is 13.1 Å². The number of nitrogens with zero attached hydrogens (tertiary/aromatic N) is 2. The highest BCUT2D eigenvalue weighted by molar-refractivity contribution is 5.84. The lowest BCUT2D eigenvalue weighted by atomic mass is 9.95. The summed E-state index contributed by atoms with van der Waals surface area (Å²) in [6, 6.07) is 12.2. The molecule has 0 unspecified atom stereocenters. The molecular formula is C21H27N3O2. The summed E-state index contributed by atoms with van der Waals surface area (Å²) in [4.78, 5) is 26.7. The fourth-order valence-corrected chi connectivity index (χ4v) is 3.59. The van der Waals surface area contributed by atoms with Crippen LogP contribution in [0.1, 0.15) is 49.0 Å². The van der Waals surface area contributed by atoms with Gasteiger partial charge >= 0.3 is 0 Å². The lowest BCUT2D eigenvalue weighted by molar-refractivity contribution is -0.136. The summed E-state index contributed by atoms with van der Waals surface area (Å²) >= 11 is 0. The largest absolute Gasteiger partial charge is 0.356 e. The zero-order valence-electron chi connectivity index (χ0n) is 15.6. The first-order valence-corrected chi connectivity index (χ1v) is 9.38. The van der Waals surface area contributed by atoms with Gasteiger partial charge in [-0.15, -0.1) is 0 Å². The third kappa shape index (κ3) is 3.82. The van der Waals surface area contributed by atoms with Crippen LogP contribution in [0.5, 0.6) is 0 Å². The highest BCUT2D eigenvalue weighted by Gasteiger charge is 2.32. The smallest absolute Gasteiger partial charge is 0.223 e. The number of benzene rings is 1. The molecule has 0 saturated carbocycles. The molecule has 0 radical (unpaired) electrons. The van der Waals surface area contributed by atoms with Crippen LogP contribution in [0.2, 0.25) is 0 Å². The second-order valence-corrected chi connectivity index (χ2v) is 6.82. The molecule has 5 heteroatoms. The van der Waals surface area contributed by atoms with Crippen molar-refractivity contribution in [3.05, 3.63) is 59.4 Å². The molecule has 0 spiro atoms. The first-order chi connectivity index (χ1) is 12.6. The van der Waals surface area contributed by atoms with Crippen LogP contribution in [-0.4, -0.2) is 34.4 Å². The van der Waals surface area contributed by atoms with Crippen LogP contribution in [0.4, 0.5) is 0 Å². The van der Waals surface area contributed by atoms with Crippen LogP contribution < -0.4 is 5.32 Å². The maximum atomic E-state index is 12.9. The number of carbonyl (C=O) groups excluding carboxylic acids is 2. The van der Waals surface area contributed by atoms with Crippen LogP contribution in [0, 0.1) is 6.92 Å². The highest BCUT2D eigenvalue weighted by Crippen LogP contribution is 2.34. The van der Waals surface area contributed by atoms with Crippen molar-refractivity contribution in [2.75, 3.05) is 13.1 Å². The van der Waals surface area contributed by atoms with E-state index in [9.17, 15) is 9.59 Å². The van der Waals surface area contributed by atoms with Crippen molar-refractivity contribution in [1.82, 2.24) is 14.8 Å². The number of aryl methyl sites for hydroxylation is 1. The van der Waals surface area contributed by atoms with E-state index in [1.165, 1.54) is 5.56 Å². The van der Waals surface area contributed by atoms with Crippen molar-refractivity contribution in [3.63, 3.8) is 0 Å². The molecule has 0 aliphatic carbocycles. The molecule has 0 fully saturated rings. The Bertz CT molecular complexity index is 781. The first kappa shape index (κ1) is 18.2. The molecule has 2 amide bonds. The molecular weight excluding hydrogens is 326 g/mol. The van der Waals surface area contributed by atoms with E-state index in [4.69, 9.17) is 0 Å². The Kier molecular flexibility index (Phi) is 5.76. The Morgan fingerprint density at radius 2 is 1.92 bits per heavy atom. The topological polar surface area (TPSA) is 54.3 Å². The molecule has 1 atom stereocenters. The maximum absolute atomic E-state index is 12.9. The average Bonchev–Trinajstić information content (AvgIpc) is 3.13. The number of hydrogen-bond donors (Lipinski definition) is 1. The molecule has 2 aromatic rings. The number of hydrogen-bond acceptors (Lipinski definition) is 2. The van der Waals surface area contributed by atoms with E-state index in [-0.39, 0.29) is 30.7 Å². The van der Waals surface area contributed by atoms with Gasteiger partial charge in [0.25, 0.3) is 0 Å². The molecule has 1 aliphatic heterocycles. The van der Waals surface area contributed by atoms with Gasteiger partial charge in [-0.3, -0.25) is 9.59 Å². The molecule has 5 nitrogen and oxygen atoms in total. The first-order valence-electron chi connectivity index (χ1n) is 9.38. The third-order valence-electron chi connectivity index (χ3n) is 4.98. The normalized spacial score (nSPS) is 16.2. The van der Waals surface area contributed by atoms with Crippen LogP contribution in [0.3, 0.4) is 0 Å². The highest BCUT2D eigenvalue weighted by atomic mass is 16.2. The number of amides is 2. The zero-order chi connectivity index (χ0) is 18.5. The van der Waals surface area contributed by atoms with Gasteiger partial charge in [0.1, 0.15) is 0 Å². The number of rotatable bonds is 6. The summed E-state index contributed by atoms with van der Waals surface area (Å²) in [6.45, 7) is 6.21. The van der Waals surface area contributed by atoms with Gasteiger partial charge in [0.05, 0.1) is 6.04 Å². The third-order valence-corrected chi connectivity index (χ3v) is 4.98. The Morgan fingerprint density at radius 1 is 1.12 bits per heavy atom. The maximum Gasteiger partial charge on any atom is 0.223 e. The van der Waals surface area contributed by atoms with Gasteiger partial charge in [0.15, 0.2) is 0 Å². The fraction of sp³-hybridized carbons (Fsp3) is 0.429. The molecule has 3 rings (SSSR count). The SMILES string of the molecule is CCCNC(=O)CCC(=O)N1CCn2cccc2[C@@H]1c1ccccc1C. The van der Waals surface area contributed by atoms with Crippen LogP contribution >= 0.6 is 0 Å². The summed E-state index contributed by atoms with van der Waals surface area (Å²) < 4.78 is 2.22. The quantitative estimate of drug-likeness (QED) is 0.868. The van der Waals surface area contributed by atoms with Gasteiger partial charge in [0, 0.05) is 44.4 Å². The van der Waals surface area contributed by atoms with Crippen molar-refractivity contribution >= 4 is 11.8 Å². The van der Waals surface area contributed by atoms with E-state index in [2.05, 4.69) is 41.2 Å². The monoisotopic (exact) mass is 353 g/mol. The minimum atomic E-state index is -0.0915. The second kappa shape index (κ2) is 8.21. The number of fused-ring (bicyclic) bond motifs is 1. The minimum absolute atomic E-state index is 0.0392. The van der Waals surface area contributed by atoms with E-state index >= 15 is 0 Å². The van der Waals surface area contributed by atoms with Crippen molar-refractivity contribution in [2.45, 2.75) is 45.7 Å². The molecule has 1 aromatic carbocycles. The zero-order valence-corrected chi connectivity index (χ0v) is 15.6.